The van der Waals surface area contributed by atoms with E-state index in [1.54, 1.807) is 11.0 Å². The van der Waals surface area contributed by atoms with Gasteiger partial charge in [-0.3, -0.25) is 13.9 Å². The fraction of sp³-hybridized carbons (Fsp3) is 0.517. The van der Waals surface area contributed by atoms with E-state index >= 15 is 0 Å². The van der Waals surface area contributed by atoms with Crippen LogP contribution in [0.3, 0.4) is 0 Å². The Morgan fingerprint density at radius 2 is 1.62 bits per heavy atom. The van der Waals surface area contributed by atoms with Gasteiger partial charge in [0, 0.05) is 25.6 Å². The first-order valence-corrected chi connectivity index (χ1v) is 14.9. The van der Waals surface area contributed by atoms with E-state index in [1.807, 2.05) is 77.9 Å². The number of hydrogen-bond acceptors (Lipinski definition) is 4. The van der Waals surface area contributed by atoms with Crippen LogP contribution in [0.5, 0.6) is 0 Å². The van der Waals surface area contributed by atoms with Crippen molar-refractivity contribution >= 4 is 27.5 Å². The van der Waals surface area contributed by atoms with Crippen molar-refractivity contribution in [2.24, 2.45) is 0 Å². The zero-order valence-electron chi connectivity index (χ0n) is 23.4. The minimum atomic E-state index is -3.53. The van der Waals surface area contributed by atoms with E-state index in [0.717, 1.165) is 28.7 Å². The topological polar surface area (TPSA) is 86.8 Å². The third-order valence-corrected chi connectivity index (χ3v) is 8.11. The molecule has 0 heterocycles. The second-order valence-corrected chi connectivity index (χ2v) is 11.8. The lowest BCUT2D eigenvalue weighted by Gasteiger charge is -2.32. The Morgan fingerprint density at radius 3 is 2.19 bits per heavy atom. The molecule has 0 aliphatic heterocycles. The van der Waals surface area contributed by atoms with Crippen molar-refractivity contribution in [3.63, 3.8) is 0 Å². The summed E-state index contributed by atoms with van der Waals surface area (Å²) >= 11 is 0. The number of anilines is 1. The molecule has 37 heavy (non-hydrogen) atoms. The molecule has 2 atom stereocenters. The lowest BCUT2D eigenvalue weighted by Crippen LogP contribution is -2.50. The van der Waals surface area contributed by atoms with Gasteiger partial charge in [0.25, 0.3) is 0 Å². The maximum atomic E-state index is 13.6. The number of nitrogens with one attached hydrogen (secondary N) is 1. The Balaban J connectivity index is 2.25. The monoisotopic (exact) mass is 529 g/mol. The fourth-order valence-corrected chi connectivity index (χ4v) is 5.17. The Bertz CT molecular complexity index is 1180. The molecule has 0 saturated carbocycles. The lowest BCUT2D eigenvalue weighted by molar-refractivity contribution is -0.141. The molecule has 2 aromatic carbocycles. The van der Waals surface area contributed by atoms with Crippen molar-refractivity contribution in [2.75, 3.05) is 17.1 Å². The van der Waals surface area contributed by atoms with Crippen molar-refractivity contribution in [3.05, 3.63) is 64.7 Å². The number of rotatable bonds is 13. The first-order valence-electron chi connectivity index (χ1n) is 13.1. The standard InChI is InChI=1S/C29H43N3O4S/c1-8-24(6)30-29(34)27(9-2)31(20-25-14-11-10-13-22(25)4)28(33)15-12-18-32(37(7,35)36)26-17-16-21(3)23(5)19-26/h10-11,13-14,16-17,19,24,27H,8-9,12,15,18,20H2,1-7H3,(H,30,34)/t24-,27+/m1/s1. The highest BCUT2D eigenvalue weighted by Gasteiger charge is 2.29. The van der Waals surface area contributed by atoms with E-state index in [0.29, 0.717) is 25.1 Å². The second-order valence-electron chi connectivity index (χ2n) is 9.90. The summed E-state index contributed by atoms with van der Waals surface area (Å²) in [5.41, 5.74) is 4.72. The molecule has 0 fully saturated rings. The van der Waals surface area contributed by atoms with Crippen molar-refractivity contribution < 1.29 is 18.0 Å². The highest BCUT2D eigenvalue weighted by molar-refractivity contribution is 7.92. The lowest BCUT2D eigenvalue weighted by atomic mass is 10.0. The summed E-state index contributed by atoms with van der Waals surface area (Å²) in [6.45, 7) is 12.3. The van der Waals surface area contributed by atoms with Gasteiger partial charge >= 0.3 is 0 Å². The molecule has 0 aromatic heterocycles. The first kappa shape index (κ1) is 30.4. The van der Waals surface area contributed by atoms with E-state index in [-0.39, 0.29) is 30.8 Å². The van der Waals surface area contributed by atoms with Crippen LogP contribution in [0.1, 0.15) is 68.7 Å². The predicted octanol–water partition coefficient (Wildman–Crippen LogP) is 4.88. The Kier molecular flexibility index (Phi) is 11.2. The number of nitrogens with zero attached hydrogens (tertiary/aromatic N) is 2. The zero-order chi connectivity index (χ0) is 27.8. The van der Waals surface area contributed by atoms with Gasteiger partial charge in [0.2, 0.25) is 21.8 Å². The van der Waals surface area contributed by atoms with Gasteiger partial charge in [-0.1, -0.05) is 44.2 Å². The summed E-state index contributed by atoms with van der Waals surface area (Å²) in [5.74, 6) is -0.324. The molecule has 204 valence electrons. The maximum absolute atomic E-state index is 13.6. The van der Waals surface area contributed by atoms with Gasteiger partial charge in [-0.15, -0.1) is 0 Å². The Labute approximate surface area is 223 Å². The SMILES string of the molecule is CC[C@@H](C)NC(=O)[C@H](CC)N(Cc1ccccc1C)C(=O)CCCN(c1ccc(C)c(C)c1)S(C)(=O)=O. The van der Waals surface area contributed by atoms with Crippen LogP contribution in [0.4, 0.5) is 5.69 Å². The molecule has 2 amide bonds. The molecule has 0 saturated heterocycles. The minimum Gasteiger partial charge on any atom is -0.352 e. The molecule has 0 radical (unpaired) electrons. The van der Waals surface area contributed by atoms with Crippen LogP contribution in [0.25, 0.3) is 0 Å². The number of carbonyl (C=O) groups is 2. The zero-order valence-corrected chi connectivity index (χ0v) is 24.2. The van der Waals surface area contributed by atoms with Crippen LogP contribution >= 0.6 is 0 Å². The molecule has 0 unspecified atom stereocenters. The van der Waals surface area contributed by atoms with E-state index < -0.39 is 16.1 Å². The quantitative estimate of drug-likeness (QED) is 0.401. The summed E-state index contributed by atoms with van der Waals surface area (Å²) in [7, 11) is -3.53. The van der Waals surface area contributed by atoms with Gasteiger partial charge < -0.3 is 10.2 Å². The van der Waals surface area contributed by atoms with Gasteiger partial charge in [0.1, 0.15) is 6.04 Å². The molecule has 8 heteroatoms. The molecule has 2 rings (SSSR count). The average Bonchev–Trinajstić information content (AvgIpc) is 2.83. The molecule has 0 aliphatic rings. The molecule has 0 aliphatic carbocycles. The maximum Gasteiger partial charge on any atom is 0.243 e. The van der Waals surface area contributed by atoms with Gasteiger partial charge in [0.15, 0.2) is 0 Å². The van der Waals surface area contributed by atoms with Crippen molar-refractivity contribution in [1.82, 2.24) is 10.2 Å². The van der Waals surface area contributed by atoms with Gasteiger partial charge in [0.05, 0.1) is 11.9 Å². The van der Waals surface area contributed by atoms with E-state index in [2.05, 4.69) is 5.32 Å². The summed E-state index contributed by atoms with van der Waals surface area (Å²) in [6.07, 6.45) is 2.94. The third kappa shape index (κ3) is 8.59. The molecular weight excluding hydrogens is 486 g/mol. The van der Waals surface area contributed by atoms with E-state index in [1.165, 1.54) is 10.6 Å². The van der Waals surface area contributed by atoms with Crippen molar-refractivity contribution in [3.8, 4) is 0 Å². The average molecular weight is 530 g/mol. The number of sulfonamides is 1. The molecule has 1 N–H and O–H groups in total. The minimum absolute atomic E-state index is 0.0123. The predicted molar refractivity (Wildman–Crippen MR) is 151 cm³/mol. The molecule has 7 nitrogen and oxygen atoms in total. The first-order chi connectivity index (χ1) is 17.4. The van der Waals surface area contributed by atoms with Crippen molar-refractivity contribution in [1.29, 1.82) is 0 Å². The highest BCUT2D eigenvalue weighted by Crippen LogP contribution is 2.23. The summed E-state index contributed by atoms with van der Waals surface area (Å²) in [6, 6.07) is 12.8. The third-order valence-electron chi connectivity index (χ3n) is 6.92. The highest BCUT2D eigenvalue weighted by atomic mass is 32.2. The van der Waals surface area contributed by atoms with E-state index in [9.17, 15) is 18.0 Å². The van der Waals surface area contributed by atoms with Crippen molar-refractivity contribution in [2.45, 2.75) is 85.9 Å². The summed E-state index contributed by atoms with van der Waals surface area (Å²) < 4.78 is 26.5. The van der Waals surface area contributed by atoms with E-state index in [4.69, 9.17) is 0 Å². The summed E-state index contributed by atoms with van der Waals surface area (Å²) in [4.78, 5) is 28.3. The Morgan fingerprint density at radius 1 is 0.946 bits per heavy atom. The number of carbonyl (C=O) groups excluding carboxylic acids is 2. The fourth-order valence-electron chi connectivity index (χ4n) is 4.22. The van der Waals surface area contributed by atoms with Gasteiger partial charge in [-0.05, 0) is 81.3 Å². The summed E-state index contributed by atoms with van der Waals surface area (Å²) in [5, 5.41) is 3.02. The van der Waals surface area contributed by atoms with Crippen LogP contribution in [0.15, 0.2) is 42.5 Å². The van der Waals surface area contributed by atoms with Gasteiger partial charge in [-0.25, -0.2) is 8.42 Å². The number of benzene rings is 2. The van der Waals surface area contributed by atoms with Crippen LogP contribution in [-0.4, -0.2) is 50.0 Å². The van der Waals surface area contributed by atoms with Crippen LogP contribution in [0, 0.1) is 20.8 Å². The van der Waals surface area contributed by atoms with Crippen LogP contribution in [0.2, 0.25) is 0 Å². The molecule has 2 aromatic rings. The normalized spacial score (nSPS) is 13.1. The largest absolute Gasteiger partial charge is 0.352 e. The molecule has 0 spiro atoms. The Hall–Kier alpha value is -2.87. The second kappa shape index (κ2) is 13.6. The van der Waals surface area contributed by atoms with Crippen LogP contribution in [-0.2, 0) is 26.2 Å². The molecular formula is C29H43N3O4S. The molecule has 0 bridgehead atoms. The number of aryl methyl sites for hydroxylation is 3. The number of hydrogen-bond donors (Lipinski definition) is 1. The smallest absolute Gasteiger partial charge is 0.243 e. The van der Waals surface area contributed by atoms with Gasteiger partial charge in [-0.2, -0.15) is 0 Å². The van der Waals surface area contributed by atoms with Crippen LogP contribution < -0.4 is 9.62 Å². The number of amides is 2.